The molecule has 0 unspecified atom stereocenters. The van der Waals surface area contributed by atoms with Crippen molar-refractivity contribution in [2.75, 3.05) is 26.6 Å². The number of anilines is 1. The minimum atomic E-state index is -0.301. The van der Waals surface area contributed by atoms with E-state index in [9.17, 15) is 4.79 Å². The number of hydrogen-bond donors (Lipinski definition) is 1. The lowest BCUT2D eigenvalue weighted by atomic mass is 10.1. The number of methoxy groups -OCH3 is 3. The van der Waals surface area contributed by atoms with Gasteiger partial charge in [0.1, 0.15) is 22.8 Å². The van der Waals surface area contributed by atoms with Crippen LogP contribution in [0.2, 0.25) is 0 Å². The van der Waals surface area contributed by atoms with Gasteiger partial charge >= 0.3 is 0 Å². The Bertz CT molecular complexity index is 1220. The number of amides is 1. The van der Waals surface area contributed by atoms with Crippen LogP contribution < -0.4 is 19.5 Å². The quantitative estimate of drug-likeness (QED) is 0.498. The summed E-state index contributed by atoms with van der Waals surface area (Å²) in [6, 6.07) is 17.8. The van der Waals surface area contributed by atoms with Crippen LogP contribution in [0.25, 0.3) is 22.6 Å². The minimum Gasteiger partial charge on any atom is -0.497 e. The monoisotopic (exact) mass is 404 g/mol. The Morgan fingerprint density at radius 2 is 1.70 bits per heavy atom. The Labute approximate surface area is 173 Å². The summed E-state index contributed by atoms with van der Waals surface area (Å²) in [5.41, 5.74) is 3.05. The topological polar surface area (TPSA) is 82.8 Å². The number of fused-ring (bicyclic) bond motifs is 1. The maximum absolute atomic E-state index is 12.7. The fourth-order valence-corrected chi connectivity index (χ4v) is 3.07. The number of benzene rings is 3. The second-order valence-electron chi connectivity index (χ2n) is 6.45. The molecule has 0 spiro atoms. The van der Waals surface area contributed by atoms with Gasteiger partial charge in [-0.1, -0.05) is 6.07 Å². The molecule has 1 amide bonds. The molecule has 1 aromatic heterocycles. The lowest BCUT2D eigenvalue weighted by Gasteiger charge is -2.10. The molecule has 7 heteroatoms. The maximum atomic E-state index is 12.7. The summed E-state index contributed by atoms with van der Waals surface area (Å²) in [5, 5.41) is 2.87. The Hall–Kier alpha value is -4.00. The smallest absolute Gasteiger partial charge is 0.259 e. The fourth-order valence-electron chi connectivity index (χ4n) is 3.07. The van der Waals surface area contributed by atoms with E-state index in [4.69, 9.17) is 18.6 Å². The average molecular weight is 404 g/mol. The third-order valence-corrected chi connectivity index (χ3v) is 4.62. The van der Waals surface area contributed by atoms with Crippen LogP contribution in [0.5, 0.6) is 17.2 Å². The Kier molecular flexibility index (Phi) is 5.26. The van der Waals surface area contributed by atoms with Gasteiger partial charge in [-0.15, -0.1) is 0 Å². The molecule has 0 saturated heterocycles. The van der Waals surface area contributed by atoms with Crippen LogP contribution in [0.15, 0.2) is 65.1 Å². The molecule has 0 radical (unpaired) electrons. The highest BCUT2D eigenvalue weighted by Crippen LogP contribution is 2.29. The highest BCUT2D eigenvalue weighted by atomic mass is 16.5. The van der Waals surface area contributed by atoms with Crippen molar-refractivity contribution in [2.24, 2.45) is 0 Å². The first-order valence-corrected chi connectivity index (χ1v) is 9.19. The van der Waals surface area contributed by atoms with Crippen molar-refractivity contribution >= 4 is 22.7 Å². The van der Waals surface area contributed by atoms with Crippen molar-refractivity contribution < 1.29 is 23.4 Å². The molecule has 30 heavy (non-hydrogen) atoms. The van der Waals surface area contributed by atoms with E-state index >= 15 is 0 Å². The van der Waals surface area contributed by atoms with Gasteiger partial charge in [0.2, 0.25) is 5.89 Å². The zero-order valence-corrected chi connectivity index (χ0v) is 16.8. The van der Waals surface area contributed by atoms with E-state index in [0.29, 0.717) is 39.7 Å². The first kappa shape index (κ1) is 19.3. The number of carbonyl (C=O) groups excluding carboxylic acids is 1. The van der Waals surface area contributed by atoms with E-state index in [2.05, 4.69) is 10.3 Å². The predicted octanol–water partition coefficient (Wildman–Crippen LogP) is 4.77. The average Bonchev–Trinajstić information content (AvgIpc) is 3.22. The minimum absolute atomic E-state index is 0.301. The van der Waals surface area contributed by atoms with Crippen LogP contribution in [0.1, 0.15) is 10.4 Å². The number of nitrogens with zero attached hydrogens (tertiary/aromatic N) is 1. The third kappa shape index (κ3) is 3.77. The van der Waals surface area contributed by atoms with Crippen molar-refractivity contribution in [3.63, 3.8) is 0 Å². The van der Waals surface area contributed by atoms with Gasteiger partial charge in [-0.2, -0.15) is 0 Å². The predicted molar refractivity (Wildman–Crippen MR) is 113 cm³/mol. The molecule has 0 aliphatic rings. The first-order valence-electron chi connectivity index (χ1n) is 9.19. The Balaban J connectivity index is 1.60. The van der Waals surface area contributed by atoms with E-state index in [1.165, 1.54) is 7.11 Å². The van der Waals surface area contributed by atoms with Gasteiger partial charge in [0.25, 0.3) is 5.91 Å². The molecule has 1 N–H and O–H groups in total. The van der Waals surface area contributed by atoms with Crippen LogP contribution in [0.3, 0.4) is 0 Å². The zero-order valence-electron chi connectivity index (χ0n) is 16.8. The normalized spacial score (nSPS) is 10.6. The Morgan fingerprint density at radius 3 is 2.47 bits per heavy atom. The number of oxazole rings is 1. The molecule has 0 aliphatic heterocycles. The van der Waals surface area contributed by atoms with Crippen molar-refractivity contribution in [1.29, 1.82) is 0 Å². The SMILES string of the molecule is COc1cccc(-c2nc3cc(NC(=O)c4ccc(OC)cc4OC)ccc3o2)c1. The molecule has 1 heterocycles. The van der Waals surface area contributed by atoms with Crippen molar-refractivity contribution in [3.8, 4) is 28.7 Å². The van der Waals surface area contributed by atoms with Crippen LogP contribution in [0, 0.1) is 0 Å². The lowest BCUT2D eigenvalue weighted by molar-refractivity contribution is 0.102. The van der Waals surface area contributed by atoms with Gasteiger partial charge in [-0.05, 0) is 48.5 Å². The van der Waals surface area contributed by atoms with Gasteiger partial charge in [-0.3, -0.25) is 4.79 Å². The summed E-state index contributed by atoms with van der Waals surface area (Å²) in [6.45, 7) is 0. The first-order chi connectivity index (χ1) is 14.6. The highest BCUT2D eigenvalue weighted by molar-refractivity contribution is 6.06. The van der Waals surface area contributed by atoms with Crippen LogP contribution >= 0.6 is 0 Å². The summed E-state index contributed by atoms with van der Waals surface area (Å²) in [4.78, 5) is 17.3. The standard InChI is InChI=1S/C23H20N2O5/c1-27-16-6-4-5-14(11-16)23-25-19-12-15(7-10-20(19)30-23)24-22(26)18-9-8-17(28-2)13-21(18)29-3/h4-13H,1-3H3,(H,24,26). The zero-order chi connectivity index (χ0) is 21.1. The molecule has 0 atom stereocenters. The maximum Gasteiger partial charge on any atom is 0.259 e. The number of carbonyl (C=O) groups is 1. The molecule has 0 fully saturated rings. The third-order valence-electron chi connectivity index (χ3n) is 4.62. The molecule has 7 nitrogen and oxygen atoms in total. The molecule has 4 rings (SSSR count). The van der Waals surface area contributed by atoms with Crippen molar-refractivity contribution in [3.05, 3.63) is 66.2 Å². The summed E-state index contributed by atoms with van der Waals surface area (Å²) in [5.74, 6) is 1.93. The Morgan fingerprint density at radius 1 is 0.900 bits per heavy atom. The molecule has 0 aliphatic carbocycles. The molecule has 0 bridgehead atoms. The second-order valence-corrected chi connectivity index (χ2v) is 6.45. The number of hydrogen-bond acceptors (Lipinski definition) is 6. The molecule has 0 saturated carbocycles. The lowest BCUT2D eigenvalue weighted by Crippen LogP contribution is -2.13. The number of rotatable bonds is 6. The van der Waals surface area contributed by atoms with Crippen LogP contribution in [-0.2, 0) is 0 Å². The summed E-state index contributed by atoms with van der Waals surface area (Å²) < 4.78 is 21.6. The van der Waals surface area contributed by atoms with E-state index < -0.39 is 0 Å². The van der Waals surface area contributed by atoms with Gasteiger partial charge in [0.05, 0.1) is 26.9 Å². The van der Waals surface area contributed by atoms with Crippen molar-refractivity contribution in [1.82, 2.24) is 4.98 Å². The highest BCUT2D eigenvalue weighted by Gasteiger charge is 2.15. The van der Waals surface area contributed by atoms with E-state index in [0.717, 1.165) is 11.3 Å². The molecular formula is C23H20N2O5. The van der Waals surface area contributed by atoms with E-state index in [1.54, 1.807) is 50.6 Å². The second kappa shape index (κ2) is 8.16. The van der Waals surface area contributed by atoms with E-state index in [1.807, 2.05) is 24.3 Å². The number of ether oxygens (including phenoxy) is 3. The molecule has 3 aromatic carbocycles. The fraction of sp³-hybridized carbons (Fsp3) is 0.130. The van der Waals surface area contributed by atoms with Crippen molar-refractivity contribution in [2.45, 2.75) is 0 Å². The van der Waals surface area contributed by atoms with Gasteiger partial charge in [0.15, 0.2) is 5.58 Å². The summed E-state index contributed by atoms with van der Waals surface area (Å²) >= 11 is 0. The van der Waals surface area contributed by atoms with Gasteiger partial charge < -0.3 is 23.9 Å². The summed E-state index contributed by atoms with van der Waals surface area (Å²) in [7, 11) is 4.67. The van der Waals surface area contributed by atoms with E-state index in [-0.39, 0.29) is 5.91 Å². The largest absolute Gasteiger partial charge is 0.497 e. The molecule has 4 aromatic rings. The van der Waals surface area contributed by atoms with Crippen LogP contribution in [-0.4, -0.2) is 32.2 Å². The van der Waals surface area contributed by atoms with Gasteiger partial charge in [-0.25, -0.2) is 4.98 Å². The molecular weight excluding hydrogens is 384 g/mol. The van der Waals surface area contributed by atoms with Crippen LogP contribution in [0.4, 0.5) is 5.69 Å². The number of nitrogens with one attached hydrogen (secondary N) is 1. The van der Waals surface area contributed by atoms with Gasteiger partial charge in [0, 0.05) is 17.3 Å². The summed E-state index contributed by atoms with van der Waals surface area (Å²) in [6.07, 6.45) is 0. The number of aromatic nitrogens is 1. The molecule has 152 valence electrons.